The molecule has 0 unspecified atom stereocenters. The predicted molar refractivity (Wildman–Crippen MR) is 111 cm³/mol. The van der Waals surface area contributed by atoms with E-state index in [2.05, 4.69) is 5.16 Å². The van der Waals surface area contributed by atoms with Crippen molar-refractivity contribution in [2.24, 2.45) is 0 Å². The van der Waals surface area contributed by atoms with Gasteiger partial charge < -0.3 is 4.52 Å². The molecule has 0 saturated carbocycles. The van der Waals surface area contributed by atoms with Crippen molar-refractivity contribution in [1.29, 1.82) is 0 Å². The Bertz CT molecular complexity index is 967. The van der Waals surface area contributed by atoms with E-state index in [-0.39, 0.29) is 33.3 Å². The van der Waals surface area contributed by atoms with Gasteiger partial charge in [-0.1, -0.05) is 41.6 Å². The van der Waals surface area contributed by atoms with Crippen LogP contribution in [0.4, 0.5) is 26.3 Å². The molecule has 162 valence electrons. The maximum Gasteiger partial charge on any atom is 0.446 e. The first-order valence-electron chi connectivity index (χ1n) is 8.60. The van der Waals surface area contributed by atoms with Gasteiger partial charge in [-0.05, 0) is 71.1 Å². The highest BCUT2D eigenvalue weighted by atomic mass is 32.2. The number of hydrogen-bond acceptors (Lipinski definition) is 4. The first-order chi connectivity index (χ1) is 14.6. The summed E-state index contributed by atoms with van der Waals surface area (Å²) in [6, 6.07) is 13.4. The molecule has 31 heavy (non-hydrogen) atoms. The van der Waals surface area contributed by atoms with Crippen LogP contribution >= 0.6 is 23.5 Å². The summed E-state index contributed by atoms with van der Waals surface area (Å²) >= 11 is -0.354. The van der Waals surface area contributed by atoms with Crippen LogP contribution in [0.1, 0.15) is 22.6 Å². The maximum atomic E-state index is 12.3. The highest BCUT2D eigenvalue weighted by molar-refractivity contribution is 8.00. The maximum absolute atomic E-state index is 12.3. The average molecular weight is 473 g/mol. The molecular formula is C21H13F6NOS2. The van der Waals surface area contributed by atoms with Crippen LogP contribution in [-0.2, 0) is 0 Å². The SMILES string of the molecule is FC(F)(F)Sc1ccc(/C=C/c2cc(/C=C/c3ccc(SC(F)(F)F)cc3)on2)cc1. The summed E-state index contributed by atoms with van der Waals surface area (Å²) in [6.45, 7) is 0. The van der Waals surface area contributed by atoms with E-state index in [0.29, 0.717) is 22.6 Å². The Morgan fingerprint density at radius 1 is 0.645 bits per heavy atom. The Balaban J connectivity index is 1.58. The van der Waals surface area contributed by atoms with E-state index < -0.39 is 11.0 Å². The predicted octanol–water partition coefficient (Wildman–Crippen LogP) is 8.24. The second-order valence-electron chi connectivity index (χ2n) is 6.05. The molecule has 0 aliphatic carbocycles. The smallest absolute Gasteiger partial charge is 0.356 e. The highest BCUT2D eigenvalue weighted by Crippen LogP contribution is 2.37. The molecule has 0 saturated heterocycles. The summed E-state index contributed by atoms with van der Waals surface area (Å²) < 4.78 is 79.2. The zero-order valence-electron chi connectivity index (χ0n) is 15.4. The van der Waals surface area contributed by atoms with Crippen molar-refractivity contribution in [2.75, 3.05) is 0 Å². The molecule has 0 fully saturated rings. The minimum atomic E-state index is -4.33. The van der Waals surface area contributed by atoms with Gasteiger partial charge >= 0.3 is 11.0 Å². The van der Waals surface area contributed by atoms with Crippen molar-refractivity contribution in [3.63, 3.8) is 0 Å². The standard InChI is InChI=1S/C21H13F6NOS2/c22-20(23,24)30-18-9-3-14(4-10-18)1-7-16-13-17(29-28-16)8-2-15-5-11-19(12-6-15)31-21(25,26)27/h1-13H/b7-1+,8-2+. The molecule has 1 aromatic heterocycles. The molecular weight excluding hydrogens is 460 g/mol. The number of hydrogen-bond donors (Lipinski definition) is 0. The van der Waals surface area contributed by atoms with Gasteiger partial charge in [0.05, 0.1) is 0 Å². The lowest BCUT2D eigenvalue weighted by Gasteiger charge is -2.05. The lowest BCUT2D eigenvalue weighted by atomic mass is 10.2. The quantitative estimate of drug-likeness (QED) is 0.266. The molecule has 0 bridgehead atoms. The molecule has 0 atom stereocenters. The van der Waals surface area contributed by atoms with Crippen LogP contribution < -0.4 is 0 Å². The van der Waals surface area contributed by atoms with Gasteiger partial charge in [-0.2, -0.15) is 26.3 Å². The van der Waals surface area contributed by atoms with Crippen LogP contribution in [0.2, 0.25) is 0 Å². The van der Waals surface area contributed by atoms with E-state index in [0.717, 1.165) is 0 Å². The third kappa shape index (κ3) is 8.22. The number of thioether (sulfide) groups is 2. The molecule has 0 radical (unpaired) electrons. The van der Waals surface area contributed by atoms with E-state index in [1.54, 1.807) is 54.6 Å². The van der Waals surface area contributed by atoms with Gasteiger partial charge in [-0.3, -0.25) is 0 Å². The summed E-state index contributed by atoms with van der Waals surface area (Å²) in [7, 11) is 0. The monoisotopic (exact) mass is 473 g/mol. The fourth-order valence-electron chi connectivity index (χ4n) is 2.38. The molecule has 0 aliphatic heterocycles. The van der Waals surface area contributed by atoms with Crippen LogP contribution in [0.25, 0.3) is 24.3 Å². The first kappa shape index (κ1) is 23.1. The first-order valence-corrected chi connectivity index (χ1v) is 10.2. The van der Waals surface area contributed by atoms with Crippen LogP contribution in [0.15, 0.2) is 68.9 Å². The van der Waals surface area contributed by atoms with Crippen molar-refractivity contribution in [2.45, 2.75) is 20.8 Å². The van der Waals surface area contributed by atoms with Crippen molar-refractivity contribution < 1.29 is 30.9 Å². The largest absolute Gasteiger partial charge is 0.446 e. The Morgan fingerprint density at radius 3 is 1.55 bits per heavy atom. The number of benzene rings is 2. The normalized spacial score (nSPS) is 12.8. The van der Waals surface area contributed by atoms with Crippen LogP contribution in [0.3, 0.4) is 0 Å². The summed E-state index contributed by atoms with van der Waals surface area (Å²) in [4.78, 5) is 0.199. The Labute approximate surface area is 182 Å². The topological polar surface area (TPSA) is 26.0 Å². The van der Waals surface area contributed by atoms with Crippen molar-refractivity contribution in [1.82, 2.24) is 5.16 Å². The molecule has 2 nitrogen and oxygen atoms in total. The zero-order chi connectivity index (χ0) is 22.5. The van der Waals surface area contributed by atoms with Gasteiger partial charge in [0.15, 0.2) is 5.76 Å². The van der Waals surface area contributed by atoms with Crippen molar-refractivity contribution in [3.05, 3.63) is 77.2 Å². The number of halogens is 6. The Morgan fingerprint density at radius 2 is 1.10 bits per heavy atom. The number of alkyl halides is 6. The van der Waals surface area contributed by atoms with Gasteiger partial charge in [0.2, 0.25) is 0 Å². The summed E-state index contributed by atoms with van der Waals surface area (Å²) in [6.07, 6.45) is 6.63. The second kappa shape index (κ2) is 9.69. The minimum Gasteiger partial charge on any atom is -0.356 e. The molecule has 1 heterocycles. The molecule has 3 rings (SSSR count). The number of aromatic nitrogens is 1. The lowest BCUT2D eigenvalue weighted by Crippen LogP contribution is -1.98. The molecule has 10 heteroatoms. The van der Waals surface area contributed by atoms with E-state index >= 15 is 0 Å². The molecule has 3 aromatic rings. The second-order valence-corrected chi connectivity index (χ2v) is 8.33. The summed E-state index contributed by atoms with van der Waals surface area (Å²) in [5.41, 5.74) is -6.76. The molecule has 0 N–H and O–H groups in total. The summed E-state index contributed by atoms with van der Waals surface area (Å²) in [5, 5.41) is 3.87. The van der Waals surface area contributed by atoms with Crippen molar-refractivity contribution >= 4 is 47.8 Å². The van der Waals surface area contributed by atoms with Crippen LogP contribution in [0.5, 0.6) is 0 Å². The third-order valence-electron chi connectivity index (χ3n) is 3.66. The minimum absolute atomic E-state index is 0.0989. The Hall–Kier alpha value is -2.59. The molecule has 0 aliphatic rings. The van der Waals surface area contributed by atoms with E-state index in [1.165, 1.54) is 24.3 Å². The lowest BCUT2D eigenvalue weighted by molar-refractivity contribution is -0.0337. The van der Waals surface area contributed by atoms with Crippen LogP contribution in [0, 0.1) is 0 Å². The average Bonchev–Trinajstić information content (AvgIpc) is 3.12. The van der Waals surface area contributed by atoms with Crippen LogP contribution in [-0.4, -0.2) is 16.2 Å². The van der Waals surface area contributed by atoms with Gasteiger partial charge in [-0.25, -0.2) is 0 Å². The fourth-order valence-corrected chi connectivity index (χ4v) is 3.46. The number of rotatable bonds is 6. The molecule has 0 amide bonds. The molecule has 2 aromatic carbocycles. The van der Waals surface area contributed by atoms with Crippen molar-refractivity contribution in [3.8, 4) is 0 Å². The number of nitrogens with zero attached hydrogens (tertiary/aromatic N) is 1. The fraction of sp³-hybridized carbons (Fsp3) is 0.0952. The highest BCUT2D eigenvalue weighted by Gasteiger charge is 2.29. The van der Waals surface area contributed by atoms with Gasteiger partial charge in [-0.15, -0.1) is 0 Å². The molecule has 0 spiro atoms. The zero-order valence-corrected chi connectivity index (χ0v) is 17.1. The van der Waals surface area contributed by atoms with Gasteiger partial charge in [0.25, 0.3) is 0 Å². The Kier molecular flexibility index (Phi) is 7.22. The van der Waals surface area contributed by atoms with E-state index in [4.69, 9.17) is 4.52 Å². The van der Waals surface area contributed by atoms with Gasteiger partial charge in [0.1, 0.15) is 5.69 Å². The van der Waals surface area contributed by atoms with E-state index in [9.17, 15) is 26.3 Å². The van der Waals surface area contributed by atoms with E-state index in [1.807, 2.05) is 0 Å². The van der Waals surface area contributed by atoms with Gasteiger partial charge in [0, 0.05) is 15.9 Å². The summed E-state index contributed by atoms with van der Waals surface area (Å²) in [5.74, 6) is 0.435. The third-order valence-corrected chi connectivity index (χ3v) is 5.14.